The summed E-state index contributed by atoms with van der Waals surface area (Å²) in [6.45, 7) is -0.829. The highest BCUT2D eigenvalue weighted by Gasteiger charge is 2.38. The minimum atomic E-state index is -4.80. The molecule has 1 aliphatic heterocycles. The van der Waals surface area contributed by atoms with Crippen LogP contribution < -0.4 is 5.32 Å². The van der Waals surface area contributed by atoms with Gasteiger partial charge >= 0.3 is 6.18 Å². The van der Waals surface area contributed by atoms with Gasteiger partial charge in [-0.3, -0.25) is 9.48 Å². The molecule has 2 heterocycles. The summed E-state index contributed by atoms with van der Waals surface area (Å²) < 4.78 is 85.8. The van der Waals surface area contributed by atoms with Crippen LogP contribution in [-0.2, 0) is 41.5 Å². The van der Waals surface area contributed by atoms with Crippen LogP contribution >= 0.6 is 11.6 Å². The second kappa shape index (κ2) is 10.4. The maximum absolute atomic E-state index is 14.3. The first-order valence-corrected chi connectivity index (χ1v) is 12.0. The normalized spacial score (nSPS) is 18.5. The van der Waals surface area contributed by atoms with Gasteiger partial charge in [-0.1, -0.05) is 17.7 Å². The number of ether oxygens (including phenoxy) is 2. The van der Waals surface area contributed by atoms with Gasteiger partial charge < -0.3 is 14.8 Å². The van der Waals surface area contributed by atoms with Crippen LogP contribution in [0.25, 0.3) is 11.3 Å². The van der Waals surface area contributed by atoms with E-state index in [-0.39, 0.29) is 45.5 Å². The van der Waals surface area contributed by atoms with Gasteiger partial charge in [-0.15, -0.1) is 0 Å². The third-order valence-corrected chi connectivity index (χ3v) is 6.53. The summed E-state index contributed by atoms with van der Waals surface area (Å²) in [5.74, 6) is -1.81. The summed E-state index contributed by atoms with van der Waals surface area (Å²) in [4.78, 5) is 12.9. The first-order chi connectivity index (χ1) is 18.4. The van der Waals surface area contributed by atoms with E-state index in [1.54, 1.807) is 10.9 Å². The minimum Gasteiger partial charge on any atom is -0.376 e. The zero-order chi connectivity index (χ0) is 27.9. The second-order valence-corrected chi connectivity index (χ2v) is 9.33. The summed E-state index contributed by atoms with van der Waals surface area (Å²) in [6.07, 6.45) is -3.24. The molecule has 1 amide bonds. The molecule has 37 heavy (non-hydrogen) atoms. The lowest BCUT2D eigenvalue weighted by molar-refractivity contribution is -0.137. The molecule has 1 atom stereocenters. The van der Waals surface area contributed by atoms with Crippen LogP contribution in [0.3, 0.4) is 0 Å². The lowest BCUT2D eigenvalue weighted by Gasteiger charge is -2.22. The van der Waals surface area contributed by atoms with E-state index in [0.717, 1.165) is 6.07 Å². The average molecular weight is 540 g/mol. The lowest BCUT2D eigenvalue weighted by Crippen LogP contribution is -2.32. The highest BCUT2D eigenvalue weighted by atomic mass is 35.5. The Kier molecular flexibility index (Phi) is 6.54. The molecule has 1 N–H and O–H groups in total. The average Bonchev–Trinajstić information content (AvgIpc) is 3.27. The van der Waals surface area contributed by atoms with Crippen molar-refractivity contribution in [3.63, 3.8) is 0 Å². The molecule has 1 aromatic heterocycles. The first-order valence-electron chi connectivity index (χ1n) is 12.7. The van der Waals surface area contributed by atoms with E-state index < -0.39 is 36.4 Å². The Balaban J connectivity index is 1.43. The molecule has 0 spiro atoms. The second-order valence-electron chi connectivity index (χ2n) is 8.89. The van der Waals surface area contributed by atoms with Crippen LogP contribution in [0, 0.1) is 5.82 Å². The molecule has 0 saturated carbocycles. The lowest BCUT2D eigenvalue weighted by atomic mass is 9.85. The number of hydrogen-bond donors (Lipinski definition) is 1. The van der Waals surface area contributed by atoms with Crippen molar-refractivity contribution in [2.75, 3.05) is 26.3 Å². The quantitative estimate of drug-likeness (QED) is 0.455. The van der Waals surface area contributed by atoms with E-state index in [1.165, 1.54) is 18.2 Å². The molecule has 0 bridgehead atoms. The van der Waals surface area contributed by atoms with Gasteiger partial charge in [-0.05, 0) is 60.2 Å². The maximum Gasteiger partial charge on any atom is 0.417 e. The number of amides is 1. The number of nitrogens with one attached hydrogen (secondary N) is 1. The fourth-order valence-electron chi connectivity index (χ4n) is 4.56. The van der Waals surface area contributed by atoms with Crippen LogP contribution in [-0.4, -0.2) is 48.1 Å². The number of rotatable bonds is 6. The third-order valence-electron chi connectivity index (χ3n) is 6.30. The van der Waals surface area contributed by atoms with E-state index in [2.05, 4.69) is 10.4 Å². The van der Waals surface area contributed by atoms with Crippen LogP contribution in [0.15, 0.2) is 36.5 Å². The number of fused-ring (bicyclic) bond motifs is 3. The number of alkyl halides is 3. The zero-order valence-electron chi connectivity index (χ0n) is 21.5. The third kappa shape index (κ3) is 5.66. The van der Waals surface area contributed by atoms with Crippen molar-refractivity contribution in [2.45, 2.75) is 38.1 Å². The molecule has 6 nitrogen and oxygen atoms in total. The van der Waals surface area contributed by atoms with Gasteiger partial charge in [-0.2, -0.15) is 18.3 Å². The van der Waals surface area contributed by atoms with Gasteiger partial charge in [0.25, 0.3) is 5.91 Å². The standard InChI is InChI=1S/C26H24ClF4N3O3/c27-19-4-3-15(22(28)11-19)5-6-32-25(35)18-9-16-1-2-17-12-34(13-20-14-36-7-8-37-20)33-24(17)23(16)21(10-18)26(29,30)31/h3-4,9-12,20H,1-2,5-8,13-14H2,(H,32,35)/t20-/m0/s1/i6D2. The molecule has 5 rings (SSSR count). The summed E-state index contributed by atoms with van der Waals surface area (Å²) >= 11 is 5.73. The zero-order valence-corrected chi connectivity index (χ0v) is 20.3. The monoisotopic (exact) mass is 539 g/mol. The molecule has 0 radical (unpaired) electrons. The number of nitrogens with zero attached hydrogens (tertiary/aromatic N) is 2. The summed E-state index contributed by atoms with van der Waals surface area (Å²) in [7, 11) is 0. The predicted molar refractivity (Wildman–Crippen MR) is 128 cm³/mol. The van der Waals surface area contributed by atoms with Gasteiger partial charge in [-0.25, -0.2) is 4.39 Å². The molecule has 11 heteroatoms. The van der Waals surface area contributed by atoms with Crippen LogP contribution in [0.1, 0.15) is 35.4 Å². The highest BCUT2D eigenvalue weighted by molar-refractivity contribution is 6.30. The largest absolute Gasteiger partial charge is 0.417 e. The Morgan fingerprint density at radius 3 is 2.76 bits per heavy atom. The number of aromatic nitrogens is 2. The molecule has 3 aromatic rings. The van der Waals surface area contributed by atoms with Crippen molar-refractivity contribution in [3.8, 4) is 11.3 Å². The van der Waals surface area contributed by atoms with Gasteiger partial charge in [0.1, 0.15) is 11.9 Å². The smallest absolute Gasteiger partial charge is 0.376 e. The molecule has 2 aliphatic rings. The summed E-state index contributed by atoms with van der Waals surface area (Å²) in [5.41, 5.74) is -0.376. The molecule has 2 aromatic carbocycles. The fraction of sp³-hybridized carbons (Fsp3) is 0.385. The predicted octanol–water partition coefficient (Wildman–Crippen LogP) is 4.85. The minimum absolute atomic E-state index is 0.0422. The molecule has 1 fully saturated rings. The van der Waals surface area contributed by atoms with Crippen molar-refractivity contribution < 1.29 is 34.6 Å². The number of carbonyl (C=O) groups is 1. The van der Waals surface area contributed by atoms with Crippen LogP contribution in [0.5, 0.6) is 0 Å². The Morgan fingerprint density at radius 1 is 1.22 bits per heavy atom. The van der Waals surface area contributed by atoms with E-state index >= 15 is 0 Å². The molecule has 1 aliphatic carbocycles. The molecule has 0 unspecified atom stereocenters. The van der Waals surface area contributed by atoms with Gasteiger partial charge in [0.15, 0.2) is 0 Å². The summed E-state index contributed by atoms with van der Waals surface area (Å²) in [6, 6.07) is 5.71. The molecular formula is C26H24ClF4N3O3. The van der Waals surface area contributed by atoms with E-state index in [1.807, 2.05) is 0 Å². The van der Waals surface area contributed by atoms with Gasteiger partial charge in [0, 0.05) is 31.6 Å². The molecule has 1 saturated heterocycles. The Morgan fingerprint density at radius 2 is 2.03 bits per heavy atom. The van der Waals surface area contributed by atoms with Gasteiger partial charge in [0.05, 0.1) is 37.6 Å². The maximum atomic E-state index is 14.3. The van der Waals surface area contributed by atoms with E-state index in [0.29, 0.717) is 44.4 Å². The number of carbonyl (C=O) groups excluding carboxylic acids is 1. The van der Waals surface area contributed by atoms with Crippen LogP contribution in [0.4, 0.5) is 17.6 Å². The van der Waals surface area contributed by atoms with Crippen molar-refractivity contribution in [1.29, 1.82) is 0 Å². The SMILES string of the molecule is [2H]C([2H])(Cc1ccc(Cl)cc1F)NC(=O)c1cc2c(c(C(F)(F)F)c1)-c1nn(C[C@H]3COCCO3)cc1CC2. The highest BCUT2D eigenvalue weighted by Crippen LogP contribution is 2.43. The molecule has 196 valence electrons. The molecular weight excluding hydrogens is 514 g/mol. The fourth-order valence-corrected chi connectivity index (χ4v) is 4.72. The Labute approximate surface area is 218 Å². The Bertz CT molecular complexity index is 1410. The van der Waals surface area contributed by atoms with Crippen molar-refractivity contribution >= 4 is 17.5 Å². The van der Waals surface area contributed by atoms with Crippen molar-refractivity contribution in [1.82, 2.24) is 15.1 Å². The topological polar surface area (TPSA) is 65.4 Å². The van der Waals surface area contributed by atoms with E-state index in [9.17, 15) is 22.4 Å². The van der Waals surface area contributed by atoms with Crippen molar-refractivity contribution in [3.05, 3.63) is 75.2 Å². The number of benzene rings is 2. The number of aryl methyl sites for hydroxylation is 3. The van der Waals surface area contributed by atoms with E-state index in [4.69, 9.17) is 23.8 Å². The summed E-state index contributed by atoms with van der Waals surface area (Å²) in [5, 5.41) is 6.65. The number of hydrogen-bond acceptors (Lipinski definition) is 4. The van der Waals surface area contributed by atoms with Gasteiger partial charge in [0.2, 0.25) is 0 Å². The Hall–Kier alpha value is -2.95. The first kappa shape index (κ1) is 23.2. The number of halogens is 5. The van der Waals surface area contributed by atoms with Crippen LogP contribution in [0.2, 0.25) is 5.02 Å². The van der Waals surface area contributed by atoms with Crippen molar-refractivity contribution in [2.24, 2.45) is 0 Å².